The van der Waals surface area contributed by atoms with Gasteiger partial charge in [0.25, 0.3) is 10.0 Å². The second kappa shape index (κ2) is 8.19. The molecule has 2 N–H and O–H groups in total. The van der Waals surface area contributed by atoms with E-state index in [1.54, 1.807) is 12.1 Å². The second-order valence-corrected chi connectivity index (χ2v) is 9.07. The van der Waals surface area contributed by atoms with Gasteiger partial charge in [0.1, 0.15) is 5.75 Å². The fourth-order valence-electron chi connectivity index (χ4n) is 2.93. The van der Waals surface area contributed by atoms with Crippen LogP contribution in [0, 0.1) is 0 Å². The van der Waals surface area contributed by atoms with E-state index in [-0.39, 0.29) is 15.8 Å². The maximum atomic E-state index is 12.5. The predicted molar refractivity (Wildman–Crippen MR) is 110 cm³/mol. The maximum Gasteiger partial charge on any atom is 0.333 e. The van der Waals surface area contributed by atoms with E-state index in [1.807, 2.05) is 18.6 Å². The van der Waals surface area contributed by atoms with Crippen LogP contribution in [0.25, 0.3) is 0 Å². The summed E-state index contributed by atoms with van der Waals surface area (Å²) in [6.45, 7) is 4.52. The average molecular weight is 443 g/mol. The number of fused-ring (bicyclic) bond motifs is 1. The molecule has 1 heterocycles. The van der Waals surface area contributed by atoms with Gasteiger partial charge in [-0.1, -0.05) is 37.0 Å². The molecule has 0 aliphatic carbocycles. The molecule has 0 aromatic heterocycles. The number of amides is 2. The summed E-state index contributed by atoms with van der Waals surface area (Å²) in [5.41, 5.74) is 1.94. The van der Waals surface area contributed by atoms with Crippen LogP contribution in [0.5, 0.6) is 5.75 Å². The van der Waals surface area contributed by atoms with Crippen LogP contribution < -0.4 is 14.8 Å². The average Bonchev–Trinajstić information content (AvgIpc) is 3.11. The minimum absolute atomic E-state index is 0.00123. The lowest BCUT2D eigenvalue weighted by Gasteiger charge is -2.15. The van der Waals surface area contributed by atoms with Crippen LogP contribution in [0.1, 0.15) is 37.3 Å². The molecule has 0 saturated heterocycles. The Kier molecular flexibility index (Phi) is 6.07. The number of urea groups is 1. The van der Waals surface area contributed by atoms with Crippen LogP contribution in [0.4, 0.5) is 10.5 Å². The van der Waals surface area contributed by atoms with Crippen molar-refractivity contribution in [2.75, 3.05) is 11.9 Å². The number of hydrogen-bond acceptors (Lipinski definition) is 4. The quantitative estimate of drug-likeness (QED) is 0.685. The summed E-state index contributed by atoms with van der Waals surface area (Å²) in [5, 5.41) is 3.22. The Balaban J connectivity index is 1.77. The molecular weight excluding hydrogens is 423 g/mol. The zero-order valence-corrected chi connectivity index (χ0v) is 17.7. The third-order valence-corrected chi connectivity index (χ3v) is 6.80. The van der Waals surface area contributed by atoms with Crippen molar-refractivity contribution >= 4 is 44.9 Å². The summed E-state index contributed by atoms with van der Waals surface area (Å²) in [6, 6.07) is 6.80. The van der Waals surface area contributed by atoms with Crippen LogP contribution in [0.2, 0.25) is 10.0 Å². The van der Waals surface area contributed by atoms with Crippen molar-refractivity contribution in [3.8, 4) is 5.75 Å². The minimum atomic E-state index is -4.03. The lowest BCUT2D eigenvalue weighted by Crippen LogP contribution is -2.34. The molecule has 0 spiro atoms. The molecule has 0 saturated carbocycles. The number of benzene rings is 2. The molecular formula is C19H20Cl2N2O4S. The summed E-state index contributed by atoms with van der Waals surface area (Å²) in [7, 11) is -4.03. The Morgan fingerprint density at radius 2 is 2.00 bits per heavy atom. The van der Waals surface area contributed by atoms with E-state index in [1.165, 1.54) is 18.2 Å². The van der Waals surface area contributed by atoms with Crippen molar-refractivity contribution in [2.24, 2.45) is 0 Å². The lowest BCUT2D eigenvalue weighted by molar-refractivity contribution is 0.256. The molecule has 1 unspecified atom stereocenters. The number of sulfonamides is 1. The molecule has 0 radical (unpaired) electrons. The van der Waals surface area contributed by atoms with Gasteiger partial charge in [0, 0.05) is 12.1 Å². The highest BCUT2D eigenvalue weighted by molar-refractivity contribution is 7.90. The van der Waals surface area contributed by atoms with Crippen molar-refractivity contribution in [1.29, 1.82) is 0 Å². The Morgan fingerprint density at radius 3 is 2.71 bits per heavy atom. The topological polar surface area (TPSA) is 84.5 Å². The van der Waals surface area contributed by atoms with Crippen LogP contribution in [0.3, 0.4) is 0 Å². The number of rotatable bonds is 5. The van der Waals surface area contributed by atoms with Crippen molar-refractivity contribution in [3.63, 3.8) is 0 Å². The maximum absolute atomic E-state index is 12.5. The molecule has 0 fully saturated rings. The van der Waals surface area contributed by atoms with Crippen molar-refractivity contribution in [1.82, 2.24) is 4.72 Å². The summed E-state index contributed by atoms with van der Waals surface area (Å²) in [5.74, 6) is 0.795. The smallest absolute Gasteiger partial charge is 0.333 e. The third-order valence-electron chi connectivity index (χ3n) is 4.66. The number of carbonyl (C=O) groups excluding carboxylic acids is 1. The number of nitrogens with one attached hydrogen (secondary N) is 2. The molecule has 1 aliphatic rings. The first kappa shape index (κ1) is 20.8. The number of ether oxygens (including phenoxy) is 1. The van der Waals surface area contributed by atoms with Crippen molar-refractivity contribution in [3.05, 3.63) is 51.5 Å². The first-order valence-corrected chi connectivity index (χ1v) is 11.0. The molecule has 2 aromatic rings. The summed E-state index contributed by atoms with van der Waals surface area (Å²) in [6.07, 6.45) is 1.47. The van der Waals surface area contributed by atoms with Gasteiger partial charge in [-0.2, -0.15) is 0 Å². The van der Waals surface area contributed by atoms with E-state index < -0.39 is 16.1 Å². The van der Waals surface area contributed by atoms with Crippen LogP contribution >= 0.6 is 23.2 Å². The molecule has 2 aromatic carbocycles. The van der Waals surface area contributed by atoms with E-state index in [0.29, 0.717) is 29.5 Å². The summed E-state index contributed by atoms with van der Waals surface area (Å²) >= 11 is 12.4. The highest BCUT2D eigenvalue weighted by Crippen LogP contribution is 2.35. The summed E-state index contributed by atoms with van der Waals surface area (Å²) < 4.78 is 32.4. The fraction of sp³-hybridized carbons (Fsp3) is 0.316. The van der Waals surface area contributed by atoms with Gasteiger partial charge in [-0.25, -0.2) is 17.9 Å². The second-order valence-electron chi connectivity index (χ2n) is 6.60. The van der Waals surface area contributed by atoms with E-state index in [0.717, 1.165) is 17.5 Å². The first-order chi connectivity index (χ1) is 13.2. The Morgan fingerprint density at radius 1 is 1.25 bits per heavy atom. The fourth-order valence-corrected chi connectivity index (χ4v) is 4.41. The molecule has 6 nitrogen and oxygen atoms in total. The Hall–Kier alpha value is -1.96. The number of carbonyl (C=O) groups is 1. The lowest BCUT2D eigenvalue weighted by atomic mass is 9.98. The van der Waals surface area contributed by atoms with Gasteiger partial charge in [-0.05, 0) is 53.8 Å². The standard InChI is InChI=1S/C19H20Cl2N2O4S/c1-3-11(2)15-9-13(10-16(20)18(15)21)22-19(24)23-28(25,26)14-4-5-17-12(8-14)6-7-27-17/h4-5,8-11H,3,6-7H2,1-2H3,(H2,22,23,24). The van der Waals surface area contributed by atoms with Gasteiger partial charge in [-0.15, -0.1) is 0 Å². The van der Waals surface area contributed by atoms with E-state index in [2.05, 4.69) is 5.32 Å². The van der Waals surface area contributed by atoms with E-state index >= 15 is 0 Å². The van der Waals surface area contributed by atoms with Gasteiger partial charge in [-0.3, -0.25) is 0 Å². The van der Waals surface area contributed by atoms with Crippen molar-refractivity contribution < 1.29 is 17.9 Å². The van der Waals surface area contributed by atoms with Gasteiger partial charge in [0.2, 0.25) is 0 Å². The minimum Gasteiger partial charge on any atom is -0.493 e. The van der Waals surface area contributed by atoms with Crippen LogP contribution in [0.15, 0.2) is 35.2 Å². The summed E-state index contributed by atoms with van der Waals surface area (Å²) in [4.78, 5) is 12.3. The zero-order valence-electron chi connectivity index (χ0n) is 15.4. The number of anilines is 1. The van der Waals surface area contributed by atoms with Crippen LogP contribution in [-0.4, -0.2) is 21.1 Å². The van der Waals surface area contributed by atoms with Gasteiger partial charge >= 0.3 is 6.03 Å². The molecule has 28 heavy (non-hydrogen) atoms. The van der Waals surface area contributed by atoms with Gasteiger partial charge in [0.15, 0.2) is 0 Å². The first-order valence-electron chi connectivity index (χ1n) is 8.79. The molecule has 9 heteroatoms. The third kappa shape index (κ3) is 4.37. The molecule has 2 amide bonds. The normalized spacial score (nSPS) is 14.1. The number of hydrogen-bond donors (Lipinski definition) is 2. The highest BCUT2D eigenvalue weighted by Gasteiger charge is 2.22. The van der Waals surface area contributed by atoms with Gasteiger partial charge < -0.3 is 10.1 Å². The zero-order chi connectivity index (χ0) is 20.5. The highest BCUT2D eigenvalue weighted by atomic mass is 35.5. The van der Waals surface area contributed by atoms with Crippen molar-refractivity contribution in [2.45, 2.75) is 37.5 Å². The van der Waals surface area contributed by atoms with E-state index in [4.69, 9.17) is 27.9 Å². The predicted octanol–water partition coefficient (Wildman–Crippen LogP) is 4.95. The Bertz CT molecular complexity index is 1020. The molecule has 1 atom stereocenters. The monoisotopic (exact) mass is 442 g/mol. The molecule has 3 rings (SSSR count). The SMILES string of the molecule is CCC(C)c1cc(NC(=O)NS(=O)(=O)c2ccc3c(c2)CCO3)cc(Cl)c1Cl. The Labute approximate surface area is 174 Å². The number of halogens is 2. The molecule has 1 aliphatic heterocycles. The van der Waals surface area contributed by atoms with E-state index in [9.17, 15) is 13.2 Å². The van der Waals surface area contributed by atoms with Crippen LogP contribution in [-0.2, 0) is 16.4 Å². The van der Waals surface area contributed by atoms with Gasteiger partial charge in [0.05, 0.1) is 21.5 Å². The largest absolute Gasteiger partial charge is 0.493 e. The molecule has 150 valence electrons. The molecule has 0 bridgehead atoms.